The maximum Gasteiger partial charge on any atom is 0.155 e. The van der Waals surface area contributed by atoms with Crippen LogP contribution in [-0.2, 0) is 0 Å². The molecule has 0 aliphatic heterocycles. The summed E-state index contributed by atoms with van der Waals surface area (Å²) in [6.45, 7) is 0. The first kappa shape index (κ1) is 7.33. The Labute approximate surface area is 80.3 Å². The molecule has 2 aromatic rings. The van der Waals surface area contributed by atoms with E-state index in [0.29, 0.717) is 11.1 Å². The van der Waals surface area contributed by atoms with Gasteiger partial charge in [-0.3, -0.25) is 0 Å². The lowest BCUT2D eigenvalue weighted by molar-refractivity contribution is 0.855. The summed E-state index contributed by atoms with van der Waals surface area (Å²) in [6, 6.07) is 4.00. The molecule has 4 heteroatoms. The highest BCUT2D eigenvalue weighted by Gasteiger charge is 2.25. The summed E-state index contributed by atoms with van der Waals surface area (Å²) < 4.78 is 1.75. The Bertz CT molecular complexity index is 459. The van der Waals surface area contributed by atoms with Crippen LogP contribution in [0.25, 0.3) is 5.65 Å². The zero-order valence-corrected chi connectivity index (χ0v) is 7.70. The van der Waals surface area contributed by atoms with E-state index in [0.717, 1.165) is 11.3 Å². The molecule has 0 amide bonds. The quantitative estimate of drug-likeness (QED) is 0.696. The molecule has 1 saturated carbocycles. The highest BCUT2D eigenvalue weighted by Crippen LogP contribution is 2.38. The molecule has 3 rings (SSSR count). The second-order valence-corrected chi connectivity index (χ2v) is 3.79. The topological polar surface area (TPSA) is 30.2 Å². The van der Waals surface area contributed by atoms with E-state index in [9.17, 15) is 0 Å². The Kier molecular flexibility index (Phi) is 1.38. The molecular weight excluding hydrogens is 186 g/mol. The third kappa shape index (κ3) is 1.20. The third-order valence-electron chi connectivity index (χ3n) is 2.31. The van der Waals surface area contributed by atoms with Gasteiger partial charge in [0, 0.05) is 5.92 Å². The first-order valence-electron chi connectivity index (χ1n) is 4.35. The molecule has 2 aromatic heterocycles. The second kappa shape index (κ2) is 2.45. The molecule has 0 radical (unpaired) electrons. The minimum Gasteiger partial charge on any atom is -0.219 e. The molecule has 0 N–H and O–H groups in total. The first-order valence-corrected chi connectivity index (χ1v) is 4.72. The molecule has 66 valence electrons. The van der Waals surface area contributed by atoms with Crippen molar-refractivity contribution in [2.45, 2.75) is 18.8 Å². The van der Waals surface area contributed by atoms with Crippen LogP contribution in [0.5, 0.6) is 0 Å². The fourth-order valence-electron chi connectivity index (χ4n) is 1.46. The highest BCUT2D eigenvalue weighted by molar-refractivity contribution is 6.29. The average Bonchev–Trinajstić information content (AvgIpc) is 2.87. The van der Waals surface area contributed by atoms with Crippen LogP contribution in [-0.4, -0.2) is 14.6 Å². The molecule has 0 unspecified atom stereocenters. The molecule has 0 aromatic carbocycles. The van der Waals surface area contributed by atoms with Crippen LogP contribution >= 0.6 is 11.6 Å². The lowest BCUT2D eigenvalue weighted by atomic mass is 10.3. The molecule has 2 heterocycles. The van der Waals surface area contributed by atoms with Gasteiger partial charge in [0.1, 0.15) is 5.15 Å². The molecule has 0 saturated heterocycles. The molecule has 0 bridgehead atoms. The van der Waals surface area contributed by atoms with E-state index in [4.69, 9.17) is 11.6 Å². The van der Waals surface area contributed by atoms with Crippen molar-refractivity contribution in [1.82, 2.24) is 14.6 Å². The summed E-state index contributed by atoms with van der Waals surface area (Å²) in [5, 5.41) is 4.93. The molecule has 0 atom stereocenters. The number of aromatic nitrogens is 3. The summed E-state index contributed by atoms with van der Waals surface area (Å²) in [5.41, 5.74) is 1.97. The van der Waals surface area contributed by atoms with Crippen LogP contribution in [0.3, 0.4) is 0 Å². The van der Waals surface area contributed by atoms with Crippen LogP contribution < -0.4 is 0 Å². The van der Waals surface area contributed by atoms with Crippen LogP contribution in [0.4, 0.5) is 0 Å². The van der Waals surface area contributed by atoms with Crippen LogP contribution in [0.1, 0.15) is 24.5 Å². The van der Waals surface area contributed by atoms with E-state index < -0.39 is 0 Å². The van der Waals surface area contributed by atoms with Crippen molar-refractivity contribution >= 4 is 17.2 Å². The number of rotatable bonds is 1. The van der Waals surface area contributed by atoms with Gasteiger partial charge in [0.05, 0.1) is 11.9 Å². The number of hydrogen-bond donors (Lipinski definition) is 0. The lowest BCUT2D eigenvalue weighted by Crippen LogP contribution is -1.94. The van der Waals surface area contributed by atoms with Gasteiger partial charge in [0.25, 0.3) is 0 Å². The van der Waals surface area contributed by atoms with Gasteiger partial charge in [-0.05, 0) is 25.0 Å². The average molecular weight is 194 g/mol. The van der Waals surface area contributed by atoms with Crippen LogP contribution in [0.15, 0.2) is 18.3 Å². The van der Waals surface area contributed by atoms with Crippen molar-refractivity contribution < 1.29 is 0 Å². The minimum absolute atomic E-state index is 0.500. The fourth-order valence-corrected chi connectivity index (χ4v) is 1.64. The fraction of sp³-hybridized carbons (Fsp3) is 0.333. The smallest absolute Gasteiger partial charge is 0.155 e. The van der Waals surface area contributed by atoms with Crippen molar-refractivity contribution in [1.29, 1.82) is 0 Å². The van der Waals surface area contributed by atoms with Gasteiger partial charge >= 0.3 is 0 Å². The monoisotopic (exact) mass is 193 g/mol. The number of nitrogens with zero attached hydrogens (tertiary/aromatic N) is 3. The summed E-state index contributed by atoms with van der Waals surface area (Å²) in [5.74, 6) is 0.672. The maximum atomic E-state index is 5.76. The standard InChI is InChI=1S/C9H8ClN3/c10-8-5-13-9(11-8)4-3-7(12-13)6-1-2-6/h3-6H,1-2H2. The van der Waals surface area contributed by atoms with E-state index in [1.54, 1.807) is 10.7 Å². The van der Waals surface area contributed by atoms with Gasteiger partial charge in [0.2, 0.25) is 0 Å². The van der Waals surface area contributed by atoms with E-state index >= 15 is 0 Å². The third-order valence-corrected chi connectivity index (χ3v) is 2.49. The first-order chi connectivity index (χ1) is 6.33. The number of hydrogen-bond acceptors (Lipinski definition) is 2. The van der Waals surface area contributed by atoms with Gasteiger partial charge in [-0.2, -0.15) is 5.10 Å². The molecule has 3 nitrogen and oxygen atoms in total. The Balaban J connectivity index is 2.20. The van der Waals surface area contributed by atoms with Crippen LogP contribution in [0.2, 0.25) is 5.15 Å². The van der Waals surface area contributed by atoms with Gasteiger partial charge in [-0.15, -0.1) is 0 Å². The predicted molar refractivity (Wildman–Crippen MR) is 50.0 cm³/mol. The molecular formula is C9H8ClN3. The van der Waals surface area contributed by atoms with Gasteiger partial charge in [0.15, 0.2) is 5.65 Å². The van der Waals surface area contributed by atoms with Crippen molar-refractivity contribution in [3.05, 3.63) is 29.2 Å². The highest BCUT2D eigenvalue weighted by atomic mass is 35.5. The minimum atomic E-state index is 0.500. The Hall–Kier alpha value is -1.09. The largest absolute Gasteiger partial charge is 0.219 e. The Morgan fingerprint density at radius 3 is 3.00 bits per heavy atom. The second-order valence-electron chi connectivity index (χ2n) is 3.40. The predicted octanol–water partition coefficient (Wildman–Crippen LogP) is 2.26. The summed E-state index contributed by atoms with van der Waals surface area (Å²) in [4.78, 5) is 4.10. The van der Waals surface area contributed by atoms with E-state index in [-0.39, 0.29) is 0 Å². The molecule has 13 heavy (non-hydrogen) atoms. The summed E-state index contributed by atoms with van der Waals surface area (Å²) in [6.07, 6.45) is 4.27. The summed E-state index contributed by atoms with van der Waals surface area (Å²) >= 11 is 5.76. The van der Waals surface area contributed by atoms with Crippen LogP contribution in [0, 0.1) is 0 Å². The number of imidazole rings is 1. The van der Waals surface area contributed by atoms with E-state index in [1.807, 2.05) is 12.1 Å². The number of fused-ring (bicyclic) bond motifs is 1. The number of halogens is 1. The van der Waals surface area contributed by atoms with Crippen molar-refractivity contribution in [2.24, 2.45) is 0 Å². The zero-order chi connectivity index (χ0) is 8.84. The Morgan fingerprint density at radius 2 is 2.23 bits per heavy atom. The molecule has 1 aliphatic rings. The Morgan fingerprint density at radius 1 is 1.38 bits per heavy atom. The van der Waals surface area contributed by atoms with E-state index in [1.165, 1.54) is 12.8 Å². The van der Waals surface area contributed by atoms with Crippen molar-refractivity contribution in [3.63, 3.8) is 0 Å². The molecule has 1 fully saturated rings. The normalized spacial score (nSPS) is 16.7. The lowest BCUT2D eigenvalue weighted by Gasteiger charge is -1.96. The van der Waals surface area contributed by atoms with Crippen molar-refractivity contribution in [2.75, 3.05) is 0 Å². The van der Waals surface area contributed by atoms with Crippen molar-refractivity contribution in [3.8, 4) is 0 Å². The zero-order valence-electron chi connectivity index (χ0n) is 6.94. The SMILES string of the molecule is Clc1cn2nc(C3CC3)ccc2n1. The molecule has 1 aliphatic carbocycles. The molecule has 0 spiro atoms. The van der Waals surface area contributed by atoms with Gasteiger partial charge < -0.3 is 0 Å². The van der Waals surface area contributed by atoms with Gasteiger partial charge in [-0.1, -0.05) is 11.6 Å². The maximum absolute atomic E-state index is 5.76. The summed E-state index contributed by atoms with van der Waals surface area (Å²) in [7, 11) is 0. The van der Waals surface area contributed by atoms with E-state index in [2.05, 4.69) is 10.1 Å². The van der Waals surface area contributed by atoms with Gasteiger partial charge in [-0.25, -0.2) is 9.50 Å².